The van der Waals surface area contributed by atoms with Crippen LogP contribution >= 0.6 is 0 Å². The van der Waals surface area contributed by atoms with Gasteiger partial charge in [0.15, 0.2) is 0 Å². The summed E-state index contributed by atoms with van der Waals surface area (Å²) in [4.78, 5) is 26.5. The van der Waals surface area contributed by atoms with Crippen molar-refractivity contribution in [1.29, 1.82) is 0 Å². The Bertz CT molecular complexity index is 802. The first-order valence-corrected chi connectivity index (χ1v) is 5.47. The van der Waals surface area contributed by atoms with Crippen molar-refractivity contribution in [2.24, 2.45) is 0 Å². The van der Waals surface area contributed by atoms with Crippen LogP contribution in [-0.2, 0) is 0 Å². The molecule has 0 aliphatic rings. The van der Waals surface area contributed by atoms with E-state index in [2.05, 4.69) is 23.5 Å². The molecule has 2 aromatic rings. The number of nitrogens with zero attached hydrogens (tertiary/aromatic N) is 1. The zero-order valence-electron chi connectivity index (χ0n) is 10.3. The lowest BCUT2D eigenvalue weighted by molar-refractivity contribution is 0.632. The Morgan fingerprint density at radius 3 is 2.74 bits per heavy atom. The molecule has 6 heteroatoms. The number of H-pyrrole nitrogens is 1. The minimum Gasteiger partial charge on any atom is -0.386 e. The zero-order chi connectivity index (χ0) is 14.2. The molecule has 0 amide bonds. The first-order valence-electron chi connectivity index (χ1n) is 5.47. The van der Waals surface area contributed by atoms with Gasteiger partial charge in [0, 0.05) is 12.7 Å². The number of rotatable bonds is 3. The van der Waals surface area contributed by atoms with Crippen LogP contribution in [0, 0.1) is 5.82 Å². The predicted octanol–water partition coefficient (Wildman–Crippen LogP) is 1.53. The van der Waals surface area contributed by atoms with Gasteiger partial charge in [0.05, 0.1) is 16.6 Å². The summed E-state index contributed by atoms with van der Waals surface area (Å²) in [5.74, 6) is -0.574. The standard InChI is InChI=1S/C13H12FN3O2/c1-4-7(2)17-12(18)8-5-9(14)11(15-3)6-10(8)16-13(17)19/h4-6,15H,1-2H2,3H3,(H,16,19). The van der Waals surface area contributed by atoms with Gasteiger partial charge in [-0.1, -0.05) is 13.2 Å². The number of allylic oxidation sites excluding steroid dienone is 2. The minimum atomic E-state index is -0.643. The maximum atomic E-state index is 13.7. The molecule has 0 fully saturated rings. The molecule has 2 N–H and O–H groups in total. The molecule has 0 bridgehead atoms. The second kappa shape index (κ2) is 4.56. The lowest BCUT2D eigenvalue weighted by atomic mass is 10.2. The first kappa shape index (κ1) is 12.8. The Morgan fingerprint density at radius 1 is 1.47 bits per heavy atom. The van der Waals surface area contributed by atoms with Crippen LogP contribution in [0.3, 0.4) is 0 Å². The maximum absolute atomic E-state index is 13.7. The molecule has 0 aliphatic heterocycles. The van der Waals surface area contributed by atoms with Crippen molar-refractivity contribution in [3.63, 3.8) is 0 Å². The van der Waals surface area contributed by atoms with E-state index in [1.54, 1.807) is 7.05 Å². The highest BCUT2D eigenvalue weighted by Crippen LogP contribution is 2.18. The average Bonchev–Trinajstić information content (AvgIpc) is 2.39. The van der Waals surface area contributed by atoms with Crippen molar-refractivity contribution in [3.05, 3.63) is 58.0 Å². The second-order valence-corrected chi connectivity index (χ2v) is 3.89. The Morgan fingerprint density at radius 2 is 2.16 bits per heavy atom. The highest BCUT2D eigenvalue weighted by Gasteiger charge is 2.11. The molecule has 0 saturated heterocycles. The van der Waals surface area contributed by atoms with Gasteiger partial charge in [0.1, 0.15) is 5.82 Å². The number of nitrogens with one attached hydrogen (secondary N) is 2. The number of aromatic nitrogens is 2. The Hall–Kier alpha value is -2.63. The van der Waals surface area contributed by atoms with Crippen molar-refractivity contribution in [2.75, 3.05) is 12.4 Å². The van der Waals surface area contributed by atoms with E-state index >= 15 is 0 Å². The van der Waals surface area contributed by atoms with Crippen LogP contribution in [0.25, 0.3) is 16.6 Å². The first-order chi connectivity index (χ1) is 8.99. The molecule has 1 aromatic heterocycles. The van der Waals surface area contributed by atoms with Gasteiger partial charge in [0.2, 0.25) is 0 Å². The summed E-state index contributed by atoms with van der Waals surface area (Å²) >= 11 is 0. The van der Waals surface area contributed by atoms with Crippen molar-refractivity contribution >= 4 is 22.3 Å². The molecule has 19 heavy (non-hydrogen) atoms. The second-order valence-electron chi connectivity index (χ2n) is 3.89. The lowest BCUT2D eigenvalue weighted by Gasteiger charge is -2.08. The van der Waals surface area contributed by atoms with Crippen LogP contribution in [0.4, 0.5) is 10.1 Å². The summed E-state index contributed by atoms with van der Waals surface area (Å²) < 4.78 is 14.5. The molecule has 2 rings (SSSR count). The average molecular weight is 261 g/mol. The van der Waals surface area contributed by atoms with Gasteiger partial charge in [-0.25, -0.2) is 13.8 Å². The van der Waals surface area contributed by atoms with E-state index in [0.29, 0.717) is 0 Å². The number of halogens is 1. The number of fused-ring (bicyclic) bond motifs is 1. The summed E-state index contributed by atoms with van der Waals surface area (Å²) in [7, 11) is 1.54. The third kappa shape index (κ3) is 1.97. The van der Waals surface area contributed by atoms with E-state index in [1.165, 1.54) is 12.1 Å². The van der Waals surface area contributed by atoms with Crippen LogP contribution in [0.1, 0.15) is 0 Å². The number of hydrogen-bond donors (Lipinski definition) is 2. The van der Waals surface area contributed by atoms with Gasteiger partial charge >= 0.3 is 5.69 Å². The van der Waals surface area contributed by atoms with E-state index < -0.39 is 17.1 Å². The normalized spacial score (nSPS) is 10.4. The van der Waals surface area contributed by atoms with E-state index in [1.807, 2.05) is 0 Å². The lowest BCUT2D eigenvalue weighted by Crippen LogP contribution is -2.33. The highest BCUT2D eigenvalue weighted by molar-refractivity contribution is 5.82. The molecule has 98 valence electrons. The zero-order valence-corrected chi connectivity index (χ0v) is 10.3. The van der Waals surface area contributed by atoms with Crippen LogP contribution in [-0.4, -0.2) is 16.6 Å². The Kier molecular flexibility index (Phi) is 3.08. The molecule has 0 unspecified atom stereocenters. The molecule has 0 aliphatic carbocycles. The number of anilines is 1. The summed E-state index contributed by atoms with van der Waals surface area (Å²) in [6.45, 7) is 6.99. The van der Waals surface area contributed by atoms with E-state index in [9.17, 15) is 14.0 Å². The summed E-state index contributed by atoms with van der Waals surface area (Å²) in [5.41, 5.74) is -0.691. The number of aromatic amines is 1. The van der Waals surface area contributed by atoms with Crippen molar-refractivity contribution in [1.82, 2.24) is 9.55 Å². The van der Waals surface area contributed by atoms with Crippen LogP contribution < -0.4 is 16.6 Å². The number of benzene rings is 1. The highest BCUT2D eigenvalue weighted by atomic mass is 19.1. The van der Waals surface area contributed by atoms with Crippen molar-refractivity contribution in [2.45, 2.75) is 0 Å². The third-order valence-corrected chi connectivity index (χ3v) is 2.78. The fraction of sp³-hybridized carbons (Fsp3) is 0.0769. The van der Waals surface area contributed by atoms with E-state index in [4.69, 9.17) is 0 Å². The van der Waals surface area contributed by atoms with Gasteiger partial charge in [-0.05, 0) is 18.2 Å². The summed E-state index contributed by atoms with van der Waals surface area (Å²) in [6, 6.07) is 2.45. The fourth-order valence-corrected chi connectivity index (χ4v) is 1.78. The van der Waals surface area contributed by atoms with Crippen LogP contribution in [0.15, 0.2) is 41.0 Å². The Labute approximate surface area is 107 Å². The van der Waals surface area contributed by atoms with Gasteiger partial charge in [0.25, 0.3) is 5.56 Å². The van der Waals surface area contributed by atoms with Gasteiger partial charge < -0.3 is 10.3 Å². The SMILES string of the molecule is C=CC(=C)n1c(=O)[nH]c2cc(NC)c(F)cc2c1=O. The monoisotopic (exact) mass is 261 g/mol. The maximum Gasteiger partial charge on any atom is 0.333 e. The molecule has 0 atom stereocenters. The van der Waals surface area contributed by atoms with Crippen LogP contribution in [0.2, 0.25) is 0 Å². The molecule has 0 spiro atoms. The predicted molar refractivity (Wildman–Crippen MR) is 73.9 cm³/mol. The Balaban J connectivity index is 2.93. The molecular weight excluding hydrogens is 249 g/mol. The number of hydrogen-bond acceptors (Lipinski definition) is 3. The molecule has 0 radical (unpaired) electrons. The fourth-order valence-electron chi connectivity index (χ4n) is 1.78. The van der Waals surface area contributed by atoms with Gasteiger partial charge in [-0.15, -0.1) is 0 Å². The largest absolute Gasteiger partial charge is 0.386 e. The van der Waals surface area contributed by atoms with Gasteiger partial charge in [-0.3, -0.25) is 4.79 Å². The molecule has 1 heterocycles. The third-order valence-electron chi connectivity index (χ3n) is 2.78. The minimum absolute atomic E-state index is 0.0686. The van der Waals surface area contributed by atoms with Crippen LogP contribution in [0.5, 0.6) is 0 Å². The van der Waals surface area contributed by atoms with Crippen molar-refractivity contribution in [3.8, 4) is 0 Å². The van der Waals surface area contributed by atoms with E-state index in [0.717, 1.165) is 10.6 Å². The quantitative estimate of drug-likeness (QED) is 0.823. The molecule has 5 nitrogen and oxygen atoms in total. The topological polar surface area (TPSA) is 66.9 Å². The van der Waals surface area contributed by atoms with E-state index in [-0.39, 0.29) is 22.3 Å². The van der Waals surface area contributed by atoms with Gasteiger partial charge in [-0.2, -0.15) is 0 Å². The summed E-state index contributed by atoms with van der Waals surface area (Å²) in [6.07, 6.45) is 1.28. The smallest absolute Gasteiger partial charge is 0.333 e. The molecule has 1 aromatic carbocycles. The molecule has 0 saturated carbocycles. The summed E-state index contributed by atoms with van der Waals surface area (Å²) in [5, 5.41) is 2.70. The van der Waals surface area contributed by atoms with Crippen molar-refractivity contribution < 1.29 is 4.39 Å². The molecular formula is C13H12FN3O2.